The molecule has 0 saturated heterocycles. The monoisotopic (exact) mass is 609 g/mol. The van der Waals surface area contributed by atoms with Crippen molar-refractivity contribution in [2.45, 2.75) is 50.5 Å². The molecule has 218 valence electrons. The number of hydrogen-bond acceptors (Lipinski definition) is 5. The standard InChI is InChI=1S/C30H29ClFN5O4S/c1-3-4-16-37-28-26(29(38)35-30(37)39)33-27(34-28)22(17-20-8-5-6-10-24(20)32)19-12-14-21(15-13-19)36-42(40,41)25-11-7-9-23(31)18(25)2/h5-15,22,36H,3-4,16-17H2,1-2H3,(H,33,34)(H,35,38,39). The van der Waals surface area contributed by atoms with Gasteiger partial charge in [-0.25, -0.2) is 22.6 Å². The summed E-state index contributed by atoms with van der Waals surface area (Å²) in [6.07, 6.45) is 1.75. The smallest absolute Gasteiger partial charge is 0.330 e. The molecule has 0 spiro atoms. The molecule has 0 aliphatic heterocycles. The third-order valence-corrected chi connectivity index (χ3v) is 9.11. The van der Waals surface area contributed by atoms with Crippen molar-refractivity contribution in [3.8, 4) is 0 Å². The van der Waals surface area contributed by atoms with E-state index in [1.807, 2.05) is 6.92 Å². The summed E-state index contributed by atoms with van der Waals surface area (Å²) in [5.41, 5.74) is 1.12. The molecule has 0 aliphatic rings. The molecule has 2 aromatic heterocycles. The number of nitrogens with one attached hydrogen (secondary N) is 3. The number of unbranched alkanes of at least 4 members (excludes halogenated alkanes) is 1. The second kappa shape index (κ2) is 11.9. The fourth-order valence-electron chi connectivity index (χ4n) is 4.88. The van der Waals surface area contributed by atoms with Crippen LogP contribution in [0.15, 0.2) is 81.2 Å². The van der Waals surface area contributed by atoms with Gasteiger partial charge in [0, 0.05) is 23.2 Å². The minimum absolute atomic E-state index is 0.0677. The Kier molecular flexibility index (Phi) is 8.33. The zero-order chi connectivity index (χ0) is 30.0. The van der Waals surface area contributed by atoms with Crippen LogP contribution in [0.4, 0.5) is 10.1 Å². The lowest BCUT2D eigenvalue weighted by atomic mass is 9.91. The summed E-state index contributed by atoms with van der Waals surface area (Å²) in [6, 6.07) is 17.7. The largest absolute Gasteiger partial charge is 0.336 e. The summed E-state index contributed by atoms with van der Waals surface area (Å²) in [4.78, 5) is 35.4. The van der Waals surface area contributed by atoms with Crippen LogP contribution in [0.5, 0.6) is 0 Å². The molecule has 0 fully saturated rings. The van der Waals surface area contributed by atoms with E-state index in [0.717, 1.165) is 6.42 Å². The molecule has 0 saturated carbocycles. The second-order valence-corrected chi connectivity index (χ2v) is 12.1. The van der Waals surface area contributed by atoms with Gasteiger partial charge >= 0.3 is 5.69 Å². The van der Waals surface area contributed by atoms with Crippen molar-refractivity contribution >= 4 is 38.5 Å². The maximum absolute atomic E-state index is 14.8. The highest BCUT2D eigenvalue weighted by atomic mass is 35.5. The Morgan fingerprint density at radius 2 is 1.76 bits per heavy atom. The zero-order valence-electron chi connectivity index (χ0n) is 22.9. The van der Waals surface area contributed by atoms with Crippen molar-refractivity contribution in [3.63, 3.8) is 0 Å². The maximum atomic E-state index is 14.8. The van der Waals surface area contributed by atoms with E-state index < -0.39 is 33.0 Å². The van der Waals surface area contributed by atoms with Gasteiger partial charge in [-0.15, -0.1) is 0 Å². The SMILES string of the molecule is CCCCn1c(=O)[nH]c(=O)c2[nH]c(C(Cc3ccccc3F)c3ccc(NS(=O)(=O)c4cccc(Cl)c4C)cc3)nc21. The van der Waals surface area contributed by atoms with Crippen molar-refractivity contribution < 1.29 is 12.8 Å². The summed E-state index contributed by atoms with van der Waals surface area (Å²) >= 11 is 6.13. The molecule has 0 aliphatic carbocycles. The third kappa shape index (κ3) is 5.88. The predicted molar refractivity (Wildman–Crippen MR) is 161 cm³/mol. The molecule has 0 amide bonds. The van der Waals surface area contributed by atoms with Gasteiger partial charge in [0.25, 0.3) is 15.6 Å². The molecule has 0 radical (unpaired) electrons. The first-order valence-electron chi connectivity index (χ1n) is 13.4. The highest BCUT2D eigenvalue weighted by Crippen LogP contribution is 2.31. The molecule has 3 N–H and O–H groups in total. The van der Waals surface area contributed by atoms with E-state index >= 15 is 0 Å². The average Bonchev–Trinajstić information content (AvgIpc) is 3.40. The molecule has 0 bridgehead atoms. The number of H-pyrrole nitrogens is 2. The number of rotatable bonds is 10. The summed E-state index contributed by atoms with van der Waals surface area (Å²) in [5.74, 6) is -0.570. The van der Waals surface area contributed by atoms with Crippen molar-refractivity contribution in [2.24, 2.45) is 0 Å². The second-order valence-electron chi connectivity index (χ2n) is 10.0. The van der Waals surface area contributed by atoms with Crippen LogP contribution in [0.3, 0.4) is 0 Å². The first-order valence-corrected chi connectivity index (χ1v) is 15.3. The van der Waals surface area contributed by atoms with Crippen LogP contribution in [0.2, 0.25) is 5.02 Å². The van der Waals surface area contributed by atoms with Crippen LogP contribution in [-0.2, 0) is 23.0 Å². The van der Waals surface area contributed by atoms with Crippen LogP contribution < -0.4 is 16.0 Å². The van der Waals surface area contributed by atoms with Gasteiger partial charge < -0.3 is 4.98 Å². The van der Waals surface area contributed by atoms with E-state index in [1.54, 1.807) is 61.5 Å². The Hall–Kier alpha value is -4.22. The first-order chi connectivity index (χ1) is 20.1. The number of fused-ring (bicyclic) bond motifs is 1. The number of anilines is 1. The number of imidazole rings is 1. The number of aromatic nitrogens is 4. The van der Waals surface area contributed by atoms with E-state index in [0.29, 0.717) is 46.2 Å². The minimum Gasteiger partial charge on any atom is -0.336 e. The maximum Gasteiger partial charge on any atom is 0.330 e. The fraction of sp³-hybridized carbons (Fsp3) is 0.233. The zero-order valence-corrected chi connectivity index (χ0v) is 24.5. The van der Waals surface area contributed by atoms with Gasteiger partial charge in [0.2, 0.25) is 0 Å². The number of nitrogens with zero attached hydrogens (tertiary/aromatic N) is 2. The van der Waals surface area contributed by atoms with E-state index in [9.17, 15) is 22.4 Å². The Labute approximate surface area is 246 Å². The van der Waals surface area contributed by atoms with Gasteiger partial charge in [-0.1, -0.05) is 61.3 Å². The highest BCUT2D eigenvalue weighted by Gasteiger charge is 2.24. The van der Waals surface area contributed by atoms with E-state index in [-0.39, 0.29) is 22.5 Å². The lowest BCUT2D eigenvalue weighted by Gasteiger charge is -2.17. The van der Waals surface area contributed by atoms with Gasteiger partial charge in [0.05, 0.1) is 4.90 Å². The minimum atomic E-state index is -3.92. The molecule has 1 unspecified atom stereocenters. The van der Waals surface area contributed by atoms with Gasteiger partial charge in [-0.05, 0) is 66.8 Å². The lowest BCUT2D eigenvalue weighted by Crippen LogP contribution is -2.30. The Balaban J connectivity index is 1.55. The summed E-state index contributed by atoms with van der Waals surface area (Å²) in [6.45, 7) is 4.01. The Morgan fingerprint density at radius 1 is 1.02 bits per heavy atom. The quantitative estimate of drug-likeness (QED) is 0.193. The van der Waals surface area contributed by atoms with Gasteiger partial charge in [0.1, 0.15) is 17.2 Å². The Bertz CT molecular complexity index is 1980. The number of aryl methyl sites for hydroxylation is 1. The normalized spacial score (nSPS) is 12.5. The number of benzene rings is 3. The molecule has 5 rings (SSSR count). The topological polar surface area (TPSA) is 130 Å². The molecule has 1 atom stereocenters. The molecule has 42 heavy (non-hydrogen) atoms. The molecule has 3 aromatic carbocycles. The van der Waals surface area contributed by atoms with Crippen molar-refractivity contribution in [1.29, 1.82) is 0 Å². The van der Waals surface area contributed by atoms with Crippen LogP contribution in [-0.4, -0.2) is 27.9 Å². The fourth-order valence-corrected chi connectivity index (χ4v) is 6.43. The molecule has 12 heteroatoms. The highest BCUT2D eigenvalue weighted by molar-refractivity contribution is 7.92. The van der Waals surface area contributed by atoms with Crippen LogP contribution in [0.25, 0.3) is 11.2 Å². The molecular formula is C30H29ClFN5O4S. The van der Waals surface area contributed by atoms with Crippen molar-refractivity contribution in [2.75, 3.05) is 4.72 Å². The van der Waals surface area contributed by atoms with Crippen molar-refractivity contribution in [3.05, 3.63) is 121 Å². The Morgan fingerprint density at radius 3 is 2.48 bits per heavy atom. The number of hydrogen-bond donors (Lipinski definition) is 3. The summed E-state index contributed by atoms with van der Waals surface area (Å²) in [7, 11) is -3.92. The van der Waals surface area contributed by atoms with Crippen LogP contribution in [0.1, 0.15) is 48.2 Å². The van der Waals surface area contributed by atoms with Crippen LogP contribution in [0, 0.1) is 12.7 Å². The predicted octanol–water partition coefficient (Wildman–Crippen LogP) is 5.49. The van der Waals surface area contributed by atoms with Gasteiger partial charge in [-0.3, -0.25) is 19.1 Å². The molecule has 5 aromatic rings. The van der Waals surface area contributed by atoms with Crippen molar-refractivity contribution in [1.82, 2.24) is 19.5 Å². The molecule has 9 nitrogen and oxygen atoms in total. The third-order valence-electron chi connectivity index (χ3n) is 7.17. The summed E-state index contributed by atoms with van der Waals surface area (Å²) in [5, 5.41) is 0.342. The molecular weight excluding hydrogens is 581 g/mol. The number of halogens is 2. The van der Waals surface area contributed by atoms with E-state index in [2.05, 4.69) is 19.7 Å². The van der Waals surface area contributed by atoms with Gasteiger partial charge in [-0.2, -0.15) is 0 Å². The van der Waals surface area contributed by atoms with Gasteiger partial charge in [0.15, 0.2) is 5.65 Å². The van der Waals surface area contributed by atoms with Crippen LogP contribution >= 0.6 is 11.6 Å². The van der Waals surface area contributed by atoms with E-state index in [1.165, 1.54) is 16.7 Å². The lowest BCUT2D eigenvalue weighted by molar-refractivity contribution is 0.597. The molecule has 2 heterocycles. The first kappa shape index (κ1) is 29.3. The average molecular weight is 610 g/mol. The van der Waals surface area contributed by atoms with E-state index in [4.69, 9.17) is 11.6 Å². The number of aromatic amines is 2. The summed E-state index contributed by atoms with van der Waals surface area (Å²) < 4.78 is 44.9. The number of sulfonamides is 1.